The minimum atomic E-state index is 0.209. The van der Waals surface area contributed by atoms with Crippen LogP contribution in [0.25, 0.3) is 0 Å². The van der Waals surface area contributed by atoms with Crippen LogP contribution in [0.5, 0.6) is 11.5 Å². The summed E-state index contributed by atoms with van der Waals surface area (Å²) in [6.07, 6.45) is 4.22. The smallest absolute Gasteiger partial charge is 0.160 e. The summed E-state index contributed by atoms with van der Waals surface area (Å²) < 4.78 is 5.04. The second-order valence-electron chi connectivity index (χ2n) is 6.68. The zero-order valence-corrected chi connectivity index (χ0v) is 17.9. The lowest BCUT2D eigenvalue weighted by atomic mass is 10.0. The first kappa shape index (κ1) is 22.7. The first-order valence-electron chi connectivity index (χ1n) is 9.14. The molecule has 0 aliphatic heterocycles. The Morgan fingerprint density at radius 3 is 1.92 bits per heavy atom. The van der Waals surface area contributed by atoms with Crippen molar-refractivity contribution < 1.29 is 9.84 Å². The maximum atomic E-state index is 9.39. The SMILES string of the molecule is CCc1cc(Cl)c(Cl)cc1CC.COc1cc(CCC(C)C)ccc1O. The molecule has 0 saturated carbocycles. The molecule has 26 heavy (non-hydrogen) atoms. The molecule has 0 atom stereocenters. The van der Waals surface area contributed by atoms with Gasteiger partial charge >= 0.3 is 0 Å². The zero-order chi connectivity index (χ0) is 19.7. The summed E-state index contributed by atoms with van der Waals surface area (Å²) >= 11 is 11.8. The number of benzene rings is 2. The number of phenolic OH excluding ortho intramolecular Hbond substituents is 1. The van der Waals surface area contributed by atoms with E-state index in [1.165, 1.54) is 16.7 Å². The van der Waals surface area contributed by atoms with Gasteiger partial charge in [-0.25, -0.2) is 0 Å². The number of aryl methyl sites for hydroxylation is 3. The zero-order valence-electron chi connectivity index (χ0n) is 16.4. The largest absolute Gasteiger partial charge is 0.504 e. The van der Waals surface area contributed by atoms with Crippen LogP contribution in [0.3, 0.4) is 0 Å². The maximum absolute atomic E-state index is 9.39. The van der Waals surface area contributed by atoms with Gasteiger partial charge in [0.2, 0.25) is 0 Å². The van der Waals surface area contributed by atoms with Crippen molar-refractivity contribution >= 4 is 23.2 Å². The molecule has 0 saturated heterocycles. The highest BCUT2D eigenvalue weighted by atomic mass is 35.5. The molecule has 0 aliphatic rings. The fraction of sp³-hybridized carbons (Fsp3) is 0.455. The van der Waals surface area contributed by atoms with Gasteiger partial charge < -0.3 is 9.84 Å². The number of halogens is 2. The summed E-state index contributed by atoms with van der Waals surface area (Å²) in [4.78, 5) is 0. The van der Waals surface area contributed by atoms with Crippen LogP contribution >= 0.6 is 23.2 Å². The highest BCUT2D eigenvalue weighted by Crippen LogP contribution is 2.27. The summed E-state index contributed by atoms with van der Waals surface area (Å²) in [5.74, 6) is 1.47. The van der Waals surface area contributed by atoms with E-state index in [2.05, 4.69) is 27.7 Å². The molecule has 2 rings (SSSR count). The van der Waals surface area contributed by atoms with Crippen molar-refractivity contribution in [2.75, 3.05) is 7.11 Å². The van der Waals surface area contributed by atoms with Crippen molar-refractivity contribution in [3.05, 3.63) is 57.1 Å². The lowest BCUT2D eigenvalue weighted by Gasteiger charge is -2.07. The van der Waals surface area contributed by atoms with Crippen molar-refractivity contribution in [1.29, 1.82) is 0 Å². The second kappa shape index (κ2) is 11.4. The first-order chi connectivity index (χ1) is 12.3. The molecule has 0 radical (unpaired) electrons. The fourth-order valence-electron chi connectivity index (χ4n) is 2.62. The van der Waals surface area contributed by atoms with Gasteiger partial charge in [-0.1, -0.05) is 57.0 Å². The third-order valence-electron chi connectivity index (χ3n) is 4.26. The molecule has 2 aromatic rings. The van der Waals surface area contributed by atoms with Gasteiger partial charge in [0.1, 0.15) is 0 Å². The van der Waals surface area contributed by atoms with E-state index in [1.807, 2.05) is 24.3 Å². The standard InChI is InChI=1S/C12H18O2.C10H12Cl2/c1-9(2)4-5-10-6-7-11(13)12(8-10)14-3;1-3-7-5-9(11)10(12)6-8(7)4-2/h6-9,13H,4-5H2,1-3H3;5-6H,3-4H2,1-2H3. The number of phenols is 1. The van der Waals surface area contributed by atoms with Gasteiger partial charge in [-0.05, 0) is 72.6 Å². The van der Waals surface area contributed by atoms with Crippen LogP contribution in [0, 0.1) is 5.92 Å². The number of hydrogen-bond acceptors (Lipinski definition) is 2. The average Bonchev–Trinajstić information content (AvgIpc) is 2.63. The minimum Gasteiger partial charge on any atom is -0.504 e. The van der Waals surface area contributed by atoms with Crippen LogP contribution in [-0.2, 0) is 19.3 Å². The van der Waals surface area contributed by atoms with E-state index in [0.29, 0.717) is 21.7 Å². The molecule has 0 amide bonds. The van der Waals surface area contributed by atoms with E-state index in [1.54, 1.807) is 13.2 Å². The van der Waals surface area contributed by atoms with Crippen molar-refractivity contribution in [1.82, 2.24) is 0 Å². The molecular formula is C22H30Cl2O2. The Kier molecular flexibility index (Phi) is 9.90. The van der Waals surface area contributed by atoms with Crippen LogP contribution in [0.2, 0.25) is 10.0 Å². The third kappa shape index (κ3) is 7.09. The fourth-order valence-corrected chi connectivity index (χ4v) is 2.99. The molecule has 0 bridgehead atoms. The summed E-state index contributed by atoms with van der Waals surface area (Å²) in [5.41, 5.74) is 3.81. The van der Waals surface area contributed by atoms with Crippen molar-refractivity contribution in [3.63, 3.8) is 0 Å². The monoisotopic (exact) mass is 396 g/mol. The predicted molar refractivity (Wildman–Crippen MR) is 113 cm³/mol. The summed E-state index contributed by atoms with van der Waals surface area (Å²) in [5, 5.41) is 10.7. The molecule has 2 nitrogen and oxygen atoms in total. The number of rotatable bonds is 6. The summed E-state index contributed by atoms with van der Waals surface area (Å²) in [7, 11) is 1.57. The molecule has 4 heteroatoms. The Bertz CT molecular complexity index is 668. The van der Waals surface area contributed by atoms with Crippen LogP contribution < -0.4 is 4.74 Å². The molecule has 0 aliphatic carbocycles. The number of methoxy groups -OCH3 is 1. The quantitative estimate of drug-likeness (QED) is 0.563. The molecule has 0 aromatic heterocycles. The molecule has 144 valence electrons. The number of ether oxygens (including phenoxy) is 1. The van der Waals surface area contributed by atoms with Crippen molar-refractivity contribution in [2.24, 2.45) is 5.92 Å². The normalized spacial score (nSPS) is 10.5. The molecule has 1 N–H and O–H groups in total. The lowest BCUT2D eigenvalue weighted by molar-refractivity contribution is 0.373. The number of aromatic hydroxyl groups is 1. The Morgan fingerprint density at radius 1 is 0.962 bits per heavy atom. The van der Waals surface area contributed by atoms with Gasteiger partial charge in [0, 0.05) is 0 Å². The molecule has 0 fully saturated rings. The number of hydrogen-bond donors (Lipinski definition) is 1. The van der Waals surface area contributed by atoms with Gasteiger partial charge in [-0.3, -0.25) is 0 Å². The molecule has 2 aromatic carbocycles. The summed E-state index contributed by atoms with van der Waals surface area (Å²) in [6, 6.07) is 9.46. The van der Waals surface area contributed by atoms with E-state index in [9.17, 15) is 5.11 Å². The molecular weight excluding hydrogens is 367 g/mol. The van der Waals surface area contributed by atoms with E-state index in [4.69, 9.17) is 27.9 Å². The van der Waals surface area contributed by atoms with Crippen molar-refractivity contribution in [3.8, 4) is 11.5 Å². The highest BCUT2D eigenvalue weighted by molar-refractivity contribution is 6.42. The highest BCUT2D eigenvalue weighted by Gasteiger charge is 2.04. The van der Waals surface area contributed by atoms with E-state index < -0.39 is 0 Å². The van der Waals surface area contributed by atoms with Crippen LogP contribution in [0.4, 0.5) is 0 Å². The van der Waals surface area contributed by atoms with Gasteiger partial charge in [0.05, 0.1) is 17.2 Å². The van der Waals surface area contributed by atoms with Crippen molar-refractivity contribution in [2.45, 2.75) is 53.4 Å². The Morgan fingerprint density at radius 2 is 1.50 bits per heavy atom. The first-order valence-corrected chi connectivity index (χ1v) is 9.90. The van der Waals surface area contributed by atoms with Gasteiger partial charge in [-0.2, -0.15) is 0 Å². The minimum absolute atomic E-state index is 0.209. The van der Waals surface area contributed by atoms with Gasteiger partial charge in [-0.15, -0.1) is 0 Å². The van der Waals surface area contributed by atoms with E-state index in [0.717, 1.165) is 25.7 Å². The second-order valence-corrected chi connectivity index (χ2v) is 7.50. The Labute approximate surface area is 168 Å². The van der Waals surface area contributed by atoms with Crippen LogP contribution in [-0.4, -0.2) is 12.2 Å². The summed E-state index contributed by atoms with van der Waals surface area (Å²) in [6.45, 7) is 8.66. The van der Waals surface area contributed by atoms with Crippen LogP contribution in [0.15, 0.2) is 30.3 Å². The third-order valence-corrected chi connectivity index (χ3v) is 4.98. The Balaban J connectivity index is 0.000000263. The lowest BCUT2D eigenvalue weighted by Crippen LogP contribution is -1.93. The predicted octanol–water partition coefficient (Wildman–Crippen LogP) is 7.11. The molecule has 0 spiro atoms. The van der Waals surface area contributed by atoms with Crippen LogP contribution in [0.1, 0.15) is 50.8 Å². The molecule has 0 heterocycles. The van der Waals surface area contributed by atoms with Gasteiger partial charge in [0.25, 0.3) is 0 Å². The Hall–Kier alpha value is -1.38. The van der Waals surface area contributed by atoms with E-state index in [-0.39, 0.29) is 5.75 Å². The topological polar surface area (TPSA) is 29.5 Å². The average molecular weight is 397 g/mol. The molecule has 0 unspecified atom stereocenters. The van der Waals surface area contributed by atoms with E-state index >= 15 is 0 Å². The van der Waals surface area contributed by atoms with Gasteiger partial charge in [0.15, 0.2) is 11.5 Å². The maximum Gasteiger partial charge on any atom is 0.160 e.